The van der Waals surface area contributed by atoms with E-state index in [-0.39, 0.29) is 5.91 Å². The first-order chi connectivity index (χ1) is 8.75. The summed E-state index contributed by atoms with van der Waals surface area (Å²) in [5, 5.41) is 0. The summed E-state index contributed by atoms with van der Waals surface area (Å²) in [6, 6.07) is 14.4. The number of benzene rings is 2. The van der Waals surface area contributed by atoms with E-state index in [1.165, 1.54) is 10.9 Å². The molecular formula is C14H11N3O. The summed E-state index contributed by atoms with van der Waals surface area (Å²) >= 11 is 0. The maximum atomic E-state index is 12.3. The van der Waals surface area contributed by atoms with E-state index in [4.69, 9.17) is 5.73 Å². The molecule has 0 saturated heterocycles. The monoisotopic (exact) mass is 237 g/mol. The van der Waals surface area contributed by atoms with Crippen molar-refractivity contribution in [2.75, 3.05) is 5.73 Å². The number of nitrogen functional groups attached to an aromatic ring is 1. The van der Waals surface area contributed by atoms with Crippen LogP contribution in [0.15, 0.2) is 54.9 Å². The topological polar surface area (TPSA) is 60.9 Å². The van der Waals surface area contributed by atoms with Gasteiger partial charge in [-0.05, 0) is 30.3 Å². The second kappa shape index (κ2) is 4.00. The molecule has 3 rings (SSSR count). The van der Waals surface area contributed by atoms with E-state index in [1.54, 1.807) is 24.3 Å². The van der Waals surface area contributed by atoms with Crippen molar-refractivity contribution >= 4 is 22.6 Å². The minimum absolute atomic E-state index is 0.129. The minimum atomic E-state index is -0.129. The third-order valence-corrected chi connectivity index (χ3v) is 2.81. The lowest BCUT2D eigenvalue weighted by molar-refractivity contribution is 0.0964. The van der Waals surface area contributed by atoms with Gasteiger partial charge < -0.3 is 5.73 Å². The molecule has 0 amide bonds. The largest absolute Gasteiger partial charge is 0.399 e. The molecule has 3 aromatic rings. The van der Waals surface area contributed by atoms with Crippen LogP contribution in [0.3, 0.4) is 0 Å². The van der Waals surface area contributed by atoms with Crippen LogP contribution in [-0.4, -0.2) is 15.5 Å². The Morgan fingerprint density at radius 1 is 1.11 bits per heavy atom. The summed E-state index contributed by atoms with van der Waals surface area (Å²) in [5.41, 5.74) is 8.41. The second-order valence-corrected chi connectivity index (χ2v) is 4.03. The Hall–Kier alpha value is -2.62. The highest BCUT2D eigenvalue weighted by Crippen LogP contribution is 2.15. The standard InChI is InChI=1S/C14H11N3O/c15-11-5-3-4-10(8-11)14(18)17-9-16-12-6-1-2-7-13(12)17/h1-9H,15H2. The quantitative estimate of drug-likeness (QED) is 0.660. The predicted octanol–water partition coefficient (Wildman–Crippen LogP) is 2.31. The molecule has 1 heterocycles. The summed E-state index contributed by atoms with van der Waals surface area (Å²) < 4.78 is 1.53. The van der Waals surface area contributed by atoms with Gasteiger partial charge in [-0.2, -0.15) is 0 Å². The van der Waals surface area contributed by atoms with Crippen molar-refractivity contribution in [3.63, 3.8) is 0 Å². The first-order valence-electron chi connectivity index (χ1n) is 5.58. The summed E-state index contributed by atoms with van der Waals surface area (Å²) in [7, 11) is 0. The number of aromatic nitrogens is 2. The number of hydrogen-bond acceptors (Lipinski definition) is 3. The van der Waals surface area contributed by atoms with Crippen molar-refractivity contribution in [1.29, 1.82) is 0 Å². The van der Waals surface area contributed by atoms with Crippen LogP contribution in [-0.2, 0) is 0 Å². The first-order valence-corrected chi connectivity index (χ1v) is 5.58. The average Bonchev–Trinajstić information content (AvgIpc) is 2.82. The van der Waals surface area contributed by atoms with E-state index in [9.17, 15) is 4.79 Å². The highest BCUT2D eigenvalue weighted by Gasteiger charge is 2.11. The highest BCUT2D eigenvalue weighted by molar-refractivity contribution is 6.01. The first kappa shape index (κ1) is 10.5. The SMILES string of the molecule is Nc1cccc(C(=O)n2cnc3ccccc32)c1. The lowest BCUT2D eigenvalue weighted by Crippen LogP contribution is -2.10. The fourth-order valence-electron chi connectivity index (χ4n) is 1.93. The number of anilines is 1. The summed E-state index contributed by atoms with van der Waals surface area (Å²) in [4.78, 5) is 16.5. The van der Waals surface area contributed by atoms with Crippen LogP contribution in [0.4, 0.5) is 5.69 Å². The normalized spacial score (nSPS) is 10.7. The van der Waals surface area contributed by atoms with Crippen LogP contribution in [0.1, 0.15) is 10.4 Å². The molecule has 0 aliphatic heterocycles. The number of rotatable bonds is 1. The third kappa shape index (κ3) is 1.64. The molecule has 4 heteroatoms. The van der Waals surface area contributed by atoms with Crippen LogP contribution in [0.2, 0.25) is 0 Å². The number of hydrogen-bond donors (Lipinski definition) is 1. The van der Waals surface area contributed by atoms with Gasteiger partial charge in [-0.1, -0.05) is 18.2 Å². The molecule has 0 fully saturated rings. The maximum absolute atomic E-state index is 12.3. The molecule has 0 radical (unpaired) electrons. The van der Waals surface area contributed by atoms with Gasteiger partial charge in [-0.3, -0.25) is 9.36 Å². The van der Waals surface area contributed by atoms with Crippen molar-refractivity contribution in [2.45, 2.75) is 0 Å². The zero-order valence-electron chi connectivity index (χ0n) is 9.58. The molecule has 2 N–H and O–H groups in total. The van der Waals surface area contributed by atoms with Crippen molar-refractivity contribution < 1.29 is 4.79 Å². The number of nitrogens with zero attached hydrogens (tertiary/aromatic N) is 2. The summed E-state index contributed by atoms with van der Waals surface area (Å²) in [5.74, 6) is -0.129. The highest BCUT2D eigenvalue weighted by atomic mass is 16.2. The summed E-state index contributed by atoms with van der Waals surface area (Å²) in [6.07, 6.45) is 1.54. The number of nitrogens with two attached hydrogens (primary N) is 1. The van der Waals surface area contributed by atoms with Gasteiger partial charge in [-0.25, -0.2) is 4.98 Å². The lowest BCUT2D eigenvalue weighted by Gasteiger charge is -2.03. The molecule has 88 valence electrons. The van der Waals surface area contributed by atoms with E-state index >= 15 is 0 Å². The smallest absolute Gasteiger partial charge is 0.263 e. The van der Waals surface area contributed by atoms with E-state index in [2.05, 4.69) is 4.98 Å². The lowest BCUT2D eigenvalue weighted by atomic mass is 10.2. The molecule has 0 bridgehead atoms. The average molecular weight is 237 g/mol. The molecule has 0 aliphatic carbocycles. The van der Waals surface area contributed by atoms with E-state index in [1.807, 2.05) is 24.3 Å². The number of imidazole rings is 1. The minimum Gasteiger partial charge on any atom is -0.399 e. The van der Waals surface area contributed by atoms with Gasteiger partial charge in [0.2, 0.25) is 0 Å². The maximum Gasteiger partial charge on any atom is 0.263 e. The van der Waals surface area contributed by atoms with Gasteiger partial charge in [0.05, 0.1) is 11.0 Å². The van der Waals surface area contributed by atoms with Gasteiger partial charge >= 0.3 is 0 Å². The number of para-hydroxylation sites is 2. The van der Waals surface area contributed by atoms with Crippen LogP contribution in [0, 0.1) is 0 Å². The van der Waals surface area contributed by atoms with Gasteiger partial charge in [0.25, 0.3) is 5.91 Å². The molecule has 0 atom stereocenters. The molecule has 1 aromatic heterocycles. The fourth-order valence-corrected chi connectivity index (χ4v) is 1.93. The molecule has 0 aliphatic rings. The Labute approximate surface area is 104 Å². The molecular weight excluding hydrogens is 226 g/mol. The Kier molecular flexibility index (Phi) is 2.34. The van der Waals surface area contributed by atoms with Gasteiger partial charge in [-0.15, -0.1) is 0 Å². The van der Waals surface area contributed by atoms with Crippen molar-refractivity contribution in [1.82, 2.24) is 9.55 Å². The van der Waals surface area contributed by atoms with Crippen molar-refractivity contribution in [3.05, 3.63) is 60.4 Å². The Morgan fingerprint density at radius 2 is 1.94 bits per heavy atom. The Bertz CT molecular complexity index is 730. The number of carbonyl (C=O) groups excluding carboxylic acids is 1. The van der Waals surface area contributed by atoms with Gasteiger partial charge in [0, 0.05) is 11.3 Å². The Balaban J connectivity index is 2.12. The van der Waals surface area contributed by atoms with Gasteiger partial charge in [0.1, 0.15) is 6.33 Å². The van der Waals surface area contributed by atoms with E-state index in [0.717, 1.165) is 11.0 Å². The molecule has 0 saturated carbocycles. The third-order valence-electron chi connectivity index (χ3n) is 2.81. The Morgan fingerprint density at radius 3 is 2.78 bits per heavy atom. The predicted molar refractivity (Wildman–Crippen MR) is 70.3 cm³/mol. The molecule has 2 aromatic carbocycles. The number of carbonyl (C=O) groups is 1. The van der Waals surface area contributed by atoms with Crippen molar-refractivity contribution in [2.24, 2.45) is 0 Å². The molecule has 18 heavy (non-hydrogen) atoms. The van der Waals surface area contributed by atoms with Gasteiger partial charge in [0.15, 0.2) is 0 Å². The molecule has 0 spiro atoms. The fraction of sp³-hybridized carbons (Fsp3) is 0. The second-order valence-electron chi connectivity index (χ2n) is 4.03. The molecule has 4 nitrogen and oxygen atoms in total. The molecule has 0 unspecified atom stereocenters. The zero-order valence-corrected chi connectivity index (χ0v) is 9.58. The van der Waals surface area contributed by atoms with Crippen LogP contribution in [0.25, 0.3) is 11.0 Å². The number of fused-ring (bicyclic) bond motifs is 1. The van der Waals surface area contributed by atoms with E-state index < -0.39 is 0 Å². The van der Waals surface area contributed by atoms with Crippen LogP contribution >= 0.6 is 0 Å². The van der Waals surface area contributed by atoms with E-state index in [0.29, 0.717) is 11.3 Å². The van der Waals surface area contributed by atoms with Crippen molar-refractivity contribution in [3.8, 4) is 0 Å². The van der Waals surface area contributed by atoms with Crippen LogP contribution in [0.5, 0.6) is 0 Å². The zero-order chi connectivity index (χ0) is 12.5. The summed E-state index contributed by atoms with van der Waals surface area (Å²) in [6.45, 7) is 0. The van der Waals surface area contributed by atoms with Crippen LogP contribution < -0.4 is 5.73 Å².